The van der Waals surface area contributed by atoms with Gasteiger partial charge in [0.2, 0.25) is 5.91 Å². The van der Waals surface area contributed by atoms with E-state index in [9.17, 15) is 18.0 Å². The monoisotopic (exact) mass is 408 g/mol. The number of pyridine rings is 1. The molecule has 0 bridgehead atoms. The predicted octanol–water partition coefficient (Wildman–Crippen LogP) is 1.31. The number of nitrogens with one attached hydrogen (secondary N) is 2. The van der Waals surface area contributed by atoms with E-state index in [-0.39, 0.29) is 10.8 Å². The van der Waals surface area contributed by atoms with Gasteiger partial charge in [0.05, 0.1) is 11.5 Å². The van der Waals surface area contributed by atoms with Crippen LogP contribution in [0.3, 0.4) is 0 Å². The highest BCUT2D eigenvalue weighted by Gasteiger charge is 2.34. The minimum Gasteiger partial charge on any atom is -0.273 e. The maximum atomic E-state index is 12.7. The lowest BCUT2D eigenvalue weighted by Gasteiger charge is -2.30. The maximum Gasteiger partial charge on any atom is 0.271 e. The molecule has 2 N–H and O–H groups in total. The number of carbonyl (C=O) groups excluding carboxylic acids is 2. The van der Waals surface area contributed by atoms with Crippen molar-refractivity contribution in [3.05, 3.63) is 47.1 Å². The van der Waals surface area contributed by atoms with Gasteiger partial charge in [-0.3, -0.25) is 25.4 Å². The van der Waals surface area contributed by atoms with Crippen molar-refractivity contribution in [2.75, 3.05) is 13.1 Å². The van der Waals surface area contributed by atoms with Gasteiger partial charge in [-0.1, -0.05) is 0 Å². The zero-order valence-electron chi connectivity index (χ0n) is 14.7. The van der Waals surface area contributed by atoms with E-state index in [2.05, 4.69) is 15.8 Å². The third kappa shape index (κ3) is 4.52. The van der Waals surface area contributed by atoms with Crippen LogP contribution in [0.2, 0.25) is 0 Å². The van der Waals surface area contributed by atoms with Crippen molar-refractivity contribution in [1.29, 1.82) is 0 Å². The molecule has 3 rings (SSSR count). The van der Waals surface area contributed by atoms with Crippen molar-refractivity contribution in [2.45, 2.75) is 24.0 Å². The Morgan fingerprint density at radius 3 is 2.74 bits per heavy atom. The SMILES string of the molecule is Cc1ccc(S(=O)(=O)N2CCC[C@H](C(=O)NNC(=O)c3cccnc3)C2)s1. The molecular weight excluding hydrogens is 388 g/mol. The van der Waals surface area contributed by atoms with Gasteiger partial charge in [0.15, 0.2) is 0 Å². The molecule has 144 valence electrons. The number of sulfonamides is 1. The molecule has 2 aromatic rings. The smallest absolute Gasteiger partial charge is 0.271 e. The van der Waals surface area contributed by atoms with Crippen LogP contribution in [0.5, 0.6) is 0 Å². The number of aromatic nitrogens is 1. The maximum absolute atomic E-state index is 12.7. The topological polar surface area (TPSA) is 108 Å². The van der Waals surface area contributed by atoms with Crippen molar-refractivity contribution in [2.24, 2.45) is 5.92 Å². The Labute approximate surface area is 161 Å². The van der Waals surface area contributed by atoms with Crippen molar-refractivity contribution in [3.8, 4) is 0 Å². The number of rotatable bonds is 4. The summed E-state index contributed by atoms with van der Waals surface area (Å²) in [7, 11) is -3.61. The Bertz CT molecular complexity index is 927. The van der Waals surface area contributed by atoms with E-state index in [4.69, 9.17) is 0 Å². The van der Waals surface area contributed by atoms with E-state index in [0.29, 0.717) is 24.9 Å². The van der Waals surface area contributed by atoms with E-state index >= 15 is 0 Å². The molecule has 8 nitrogen and oxygen atoms in total. The Balaban J connectivity index is 1.60. The lowest BCUT2D eigenvalue weighted by molar-refractivity contribution is -0.126. The van der Waals surface area contributed by atoms with Crippen molar-refractivity contribution >= 4 is 33.2 Å². The Morgan fingerprint density at radius 2 is 2.07 bits per heavy atom. The molecule has 0 unspecified atom stereocenters. The summed E-state index contributed by atoms with van der Waals surface area (Å²) in [6.07, 6.45) is 4.07. The van der Waals surface area contributed by atoms with Crippen molar-refractivity contribution < 1.29 is 18.0 Å². The number of thiophene rings is 1. The van der Waals surface area contributed by atoms with Gasteiger partial charge in [0.25, 0.3) is 15.9 Å². The van der Waals surface area contributed by atoms with Gasteiger partial charge in [-0.2, -0.15) is 4.31 Å². The molecule has 1 saturated heterocycles. The molecule has 27 heavy (non-hydrogen) atoms. The minimum absolute atomic E-state index is 0.0911. The first-order valence-corrected chi connectivity index (χ1v) is 10.7. The number of nitrogens with zero attached hydrogens (tertiary/aromatic N) is 2. The van der Waals surface area contributed by atoms with Gasteiger partial charge in [0, 0.05) is 30.4 Å². The molecule has 1 atom stereocenters. The van der Waals surface area contributed by atoms with Crippen LogP contribution in [0.15, 0.2) is 40.9 Å². The predicted molar refractivity (Wildman–Crippen MR) is 100 cm³/mol. The van der Waals surface area contributed by atoms with Gasteiger partial charge in [-0.15, -0.1) is 11.3 Å². The fourth-order valence-electron chi connectivity index (χ4n) is 2.84. The summed E-state index contributed by atoms with van der Waals surface area (Å²) in [5, 5.41) is 0. The molecule has 1 aliphatic heterocycles. The Kier molecular flexibility index (Phi) is 5.88. The van der Waals surface area contributed by atoms with Gasteiger partial charge in [-0.05, 0) is 44.0 Å². The van der Waals surface area contributed by atoms with Gasteiger partial charge >= 0.3 is 0 Å². The van der Waals surface area contributed by atoms with Crippen LogP contribution >= 0.6 is 11.3 Å². The third-order valence-corrected chi connectivity index (χ3v) is 7.62. The summed E-state index contributed by atoms with van der Waals surface area (Å²) in [6.45, 7) is 2.32. The number of hydrogen-bond acceptors (Lipinski definition) is 6. The first-order chi connectivity index (χ1) is 12.9. The number of carbonyl (C=O) groups is 2. The lowest BCUT2D eigenvalue weighted by atomic mass is 9.99. The quantitative estimate of drug-likeness (QED) is 0.742. The van der Waals surface area contributed by atoms with Crippen LogP contribution in [0.4, 0.5) is 0 Å². The number of piperidine rings is 1. The molecule has 0 saturated carbocycles. The molecule has 2 amide bonds. The van der Waals surface area contributed by atoms with E-state index in [1.54, 1.807) is 30.5 Å². The average Bonchev–Trinajstić information content (AvgIpc) is 3.14. The molecule has 0 aromatic carbocycles. The average molecular weight is 409 g/mol. The third-order valence-electron chi connectivity index (χ3n) is 4.29. The number of aryl methyl sites for hydroxylation is 1. The zero-order valence-corrected chi connectivity index (χ0v) is 16.3. The summed E-state index contributed by atoms with van der Waals surface area (Å²) in [6, 6.07) is 6.55. The summed E-state index contributed by atoms with van der Waals surface area (Å²) in [5.41, 5.74) is 5.04. The van der Waals surface area contributed by atoms with E-state index < -0.39 is 27.8 Å². The van der Waals surface area contributed by atoms with Crippen LogP contribution in [0.25, 0.3) is 0 Å². The molecule has 1 fully saturated rings. The molecule has 1 aliphatic rings. The zero-order chi connectivity index (χ0) is 19.4. The highest BCUT2D eigenvalue weighted by Crippen LogP contribution is 2.28. The molecule has 3 heterocycles. The molecule has 2 aromatic heterocycles. The summed E-state index contributed by atoms with van der Waals surface area (Å²) in [5.74, 6) is -1.41. The number of amides is 2. The van der Waals surface area contributed by atoms with Crippen molar-refractivity contribution in [1.82, 2.24) is 20.1 Å². The fourth-order valence-corrected chi connectivity index (χ4v) is 5.80. The fraction of sp³-hybridized carbons (Fsp3) is 0.353. The largest absolute Gasteiger partial charge is 0.273 e. The van der Waals surface area contributed by atoms with Crippen molar-refractivity contribution in [3.63, 3.8) is 0 Å². The van der Waals surface area contributed by atoms with E-state index in [1.807, 2.05) is 6.92 Å². The van der Waals surface area contributed by atoms with Gasteiger partial charge in [0.1, 0.15) is 4.21 Å². The van der Waals surface area contributed by atoms with Crippen LogP contribution in [-0.4, -0.2) is 42.6 Å². The second-order valence-electron chi connectivity index (χ2n) is 6.25. The summed E-state index contributed by atoms with van der Waals surface area (Å²) >= 11 is 1.22. The first kappa shape index (κ1) is 19.5. The molecule has 0 aliphatic carbocycles. The lowest BCUT2D eigenvalue weighted by Crippen LogP contribution is -2.49. The first-order valence-electron chi connectivity index (χ1n) is 8.45. The van der Waals surface area contributed by atoms with Crippen LogP contribution < -0.4 is 10.9 Å². The van der Waals surface area contributed by atoms with Gasteiger partial charge < -0.3 is 0 Å². The number of hydrogen-bond donors (Lipinski definition) is 2. The molecule has 10 heteroatoms. The Morgan fingerprint density at radius 1 is 1.26 bits per heavy atom. The molecule has 0 spiro atoms. The highest BCUT2D eigenvalue weighted by molar-refractivity contribution is 7.91. The summed E-state index contributed by atoms with van der Waals surface area (Å²) < 4.78 is 27.1. The van der Waals surface area contributed by atoms with Crippen LogP contribution in [-0.2, 0) is 14.8 Å². The minimum atomic E-state index is -3.61. The van der Waals surface area contributed by atoms with Crippen LogP contribution in [0, 0.1) is 12.8 Å². The molecule has 0 radical (unpaired) electrons. The van der Waals surface area contributed by atoms with Gasteiger partial charge in [-0.25, -0.2) is 8.42 Å². The van der Waals surface area contributed by atoms with Crippen LogP contribution in [0.1, 0.15) is 28.1 Å². The molecular formula is C17H20N4O4S2. The summed E-state index contributed by atoms with van der Waals surface area (Å²) in [4.78, 5) is 29.1. The second kappa shape index (κ2) is 8.15. The normalized spacial score (nSPS) is 18.0. The number of hydrazine groups is 1. The highest BCUT2D eigenvalue weighted by atomic mass is 32.2. The van der Waals surface area contributed by atoms with E-state index in [0.717, 1.165) is 4.88 Å². The van der Waals surface area contributed by atoms with E-state index in [1.165, 1.54) is 21.8 Å². The Hall–Kier alpha value is -2.30. The second-order valence-corrected chi connectivity index (χ2v) is 9.71. The standard InChI is InChI=1S/C17H20N4O4S2/c1-12-6-7-15(26-12)27(24,25)21-9-3-5-14(11-21)17(23)20-19-16(22)13-4-2-8-18-10-13/h2,4,6-8,10,14H,3,5,9,11H2,1H3,(H,19,22)(H,20,23)/t14-/m0/s1.